The van der Waals surface area contributed by atoms with Crippen LogP contribution >= 0.6 is 0 Å². The fraction of sp³-hybridized carbons (Fsp3) is 0.471. The van der Waals surface area contributed by atoms with E-state index in [0.717, 1.165) is 24.0 Å². The lowest BCUT2D eigenvalue weighted by Crippen LogP contribution is -2.26. The van der Waals surface area contributed by atoms with Crippen LogP contribution in [0.3, 0.4) is 0 Å². The van der Waals surface area contributed by atoms with Crippen molar-refractivity contribution in [3.8, 4) is 0 Å². The summed E-state index contributed by atoms with van der Waals surface area (Å²) < 4.78 is 10.6. The molecule has 0 amide bonds. The molecule has 0 spiro atoms. The van der Waals surface area contributed by atoms with Crippen LogP contribution in [0.2, 0.25) is 0 Å². The zero-order valence-electron chi connectivity index (χ0n) is 24.7. The van der Waals surface area contributed by atoms with Gasteiger partial charge in [-0.15, -0.1) is 0 Å². The highest BCUT2D eigenvalue weighted by Crippen LogP contribution is 2.47. The van der Waals surface area contributed by atoms with Crippen molar-refractivity contribution >= 4 is 22.7 Å². The molecule has 4 nitrogen and oxygen atoms in total. The Morgan fingerprint density at radius 1 is 0.553 bits per heavy atom. The van der Waals surface area contributed by atoms with Gasteiger partial charge in [0.25, 0.3) is 0 Å². The van der Waals surface area contributed by atoms with E-state index in [9.17, 15) is 9.59 Å². The highest BCUT2D eigenvalue weighted by atomic mass is 16.5. The molecule has 4 rings (SSSR count). The second-order valence-electron chi connectivity index (χ2n) is 11.8. The Labute approximate surface area is 227 Å². The summed E-state index contributed by atoms with van der Waals surface area (Å²) in [5.74, 6) is -0.214. The van der Waals surface area contributed by atoms with Gasteiger partial charge in [0.2, 0.25) is 0 Å². The van der Waals surface area contributed by atoms with Gasteiger partial charge in [-0.3, -0.25) is 0 Å². The Balaban J connectivity index is 2.23. The van der Waals surface area contributed by atoms with Gasteiger partial charge in [0, 0.05) is 0 Å². The van der Waals surface area contributed by atoms with E-state index in [-0.39, 0.29) is 11.8 Å². The molecule has 0 saturated heterocycles. The Morgan fingerprint density at radius 3 is 1.11 bits per heavy atom. The van der Waals surface area contributed by atoms with Crippen molar-refractivity contribution in [2.75, 3.05) is 14.2 Å². The van der Waals surface area contributed by atoms with Crippen molar-refractivity contribution in [3.63, 3.8) is 0 Å². The monoisotopic (exact) mass is 514 g/mol. The number of carbonyl (C=O) groups is 2. The molecule has 202 valence electrons. The zero-order valence-corrected chi connectivity index (χ0v) is 24.7. The lowest BCUT2D eigenvalue weighted by Gasteiger charge is -2.35. The Hall–Kier alpha value is -3.14. The summed E-state index contributed by atoms with van der Waals surface area (Å²) in [5, 5.41) is 2.64. The Bertz CT molecular complexity index is 1320. The molecule has 0 fully saturated rings. The smallest absolute Gasteiger partial charge is 0.339 e. The molecule has 4 heteroatoms. The molecule has 0 radical (unpaired) electrons. The molecule has 1 aliphatic carbocycles. The van der Waals surface area contributed by atoms with Gasteiger partial charge in [0.1, 0.15) is 0 Å². The minimum atomic E-state index is -0.477. The number of hydrogen-bond acceptors (Lipinski definition) is 4. The number of ether oxygens (including phenoxy) is 2. The maximum atomic E-state index is 13.3. The lowest BCUT2D eigenvalue weighted by atomic mass is 9.69. The highest BCUT2D eigenvalue weighted by molar-refractivity contribution is 6.06. The minimum Gasteiger partial charge on any atom is -0.465 e. The molecule has 3 aromatic rings. The first kappa shape index (κ1) is 27.9. The van der Waals surface area contributed by atoms with Crippen LogP contribution in [0.1, 0.15) is 144 Å². The van der Waals surface area contributed by atoms with Gasteiger partial charge < -0.3 is 9.47 Å². The van der Waals surface area contributed by atoms with Gasteiger partial charge in [-0.05, 0) is 91.8 Å². The van der Waals surface area contributed by atoms with Crippen LogP contribution in [0.5, 0.6) is 0 Å². The first-order chi connectivity index (χ1) is 18.0. The molecule has 0 saturated carbocycles. The van der Waals surface area contributed by atoms with Crippen LogP contribution in [-0.4, -0.2) is 26.2 Å². The van der Waals surface area contributed by atoms with Crippen molar-refractivity contribution in [1.29, 1.82) is 0 Å². The van der Waals surface area contributed by atoms with Crippen molar-refractivity contribution in [2.24, 2.45) is 0 Å². The standard InChI is InChI=1S/C34H42O4/c1-17(2)27-21-13-11-12-14-22(21)28(18(3)4)24-16-26-25(15-23(24)27)29(19(5)6)31(33(35)37-9)32(34(36)38-10)30(26)20(7)8/h11-14,17-20H,15-16H2,1-10H3. The molecule has 3 aromatic carbocycles. The number of fused-ring (bicyclic) bond motifs is 3. The van der Waals surface area contributed by atoms with Gasteiger partial charge in [0.15, 0.2) is 0 Å². The van der Waals surface area contributed by atoms with Gasteiger partial charge in [0.05, 0.1) is 25.3 Å². The summed E-state index contributed by atoms with van der Waals surface area (Å²) in [5.41, 5.74) is 10.5. The van der Waals surface area contributed by atoms with Crippen LogP contribution in [-0.2, 0) is 22.3 Å². The molecule has 0 bridgehead atoms. The van der Waals surface area contributed by atoms with E-state index in [2.05, 4.69) is 79.7 Å². The highest BCUT2D eigenvalue weighted by Gasteiger charge is 2.37. The average Bonchev–Trinajstić information content (AvgIpc) is 2.87. The minimum absolute atomic E-state index is 0.0246. The first-order valence-electron chi connectivity index (χ1n) is 13.9. The van der Waals surface area contributed by atoms with Crippen LogP contribution in [0, 0.1) is 0 Å². The molecular weight excluding hydrogens is 472 g/mol. The van der Waals surface area contributed by atoms with Crippen LogP contribution in [0.25, 0.3) is 10.8 Å². The van der Waals surface area contributed by atoms with Crippen molar-refractivity contribution in [1.82, 2.24) is 0 Å². The summed E-state index contributed by atoms with van der Waals surface area (Å²) in [4.78, 5) is 26.7. The fourth-order valence-corrected chi connectivity index (χ4v) is 6.88. The fourth-order valence-electron chi connectivity index (χ4n) is 6.88. The van der Waals surface area contributed by atoms with E-state index in [4.69, 9.17) is 9.47 Å². The van der Waals surface area contributed by atoms with Gasteiger partial charge in [-0.25, -0.2) is 9.59 Å². The van der Waals surface area contributed by atoms with Crippen LogP contribution < -0.4 is 0 Å². The second-order valence-corrected chi connectivity index (χ2v) is 11.8. The van der Waals surface area contributed by atoms with E-state index in [1.807, 2.05) is 0 Å². The van der Waals surface area contributed by atoms with Crippen molar-refractivity contribution in [3.05, 3.63) is 79.9 Å². The van der Waals surface area contributed by atoms with E-state index >= 15 is 0 Å². The van der Waals surface area contributed by atoms with Gasteiger partial charge in [-0.1, -0.05) is 79.7 Å². The van der Waals surface area contributed by atoms with Gasteiger partial charge >= 0.3 is 11.9 Å². The predicted octanol–water partition coefficient (Wildman–Crippen LogP) is 8.40. The Kier molecular flexibility index (Phi) is 7.74. The number of methoxy groups -OCH3 is 2. The molecule has 0 aromatic heterocycles. The summed E-state index contributed by atoms with van der Waals surface area (Å²) >= 11 is 0. The average molecular weight is 515 g/mol. The second kappa shape index (κ2) is 10.6. The third-order valence-electron chi connectivity index (χ3n) is 8.12. The van der Waals surface area contributed by atoms with Crippen LogP contribution in [0.4, 0.5) is 0 Å². The maximum Gasteiger partial charge on any atom is 0.339 e. The molecule has 0 atom stereocenters. The normalized spacial score (nSPS) is 12.9. The molecule has 0 aliphatic heterocycles. The summed E-state index contributed by atoms with van der Waals surface area (Å²) in [6.45, 7) is 17.5. The Morgan fingerprint density at radius 2 is 0.842 bits per heavy atom. The van der Waals surface area contributed by atoms with Crippen LogP contribution in [0.15, 0.2) is 24.3 Å². The third-order valence-corrected chi connectivity index (χ3v) is 8.12. The van der Waals surface area contributed by atoms with E-state index in [0.29, 0.717) is 23.0 Å². The third kappa shape index (κ3) is 4.32. The molecular formula is C34H42O4. The SMILES string of the molecule is COC(=O)c1c(C(=O)OC)c(C(C)C)c2c(c1C(C)C)Cc1c(c(C(C)C)c3ccccc3c1C(C)C)C2. The lowest BCUT2D eigenvalue weighted by molar-refractivity contribution is 0.0552. The molecule has 38 heavy (non-hydrogen) atoms. The summed E-state index contributed by atoms with van der Waals surface area (Å²) in [6.07, 6.45) is 1.48. The molecule has 0 N–H and O–H groups in total. The first-order valence-corrected chi connectivity index (χ1v) is 13.9. The number of hydrogen-bond donors (Lipinski definition) is 0. The number of carbonyl (C=O) groups excluding carboxylic acids is 2. The molecule has 0 unspecified atom stereocenters. The number of esters is 2. The zero-order chi connectivity index (χ0) is 28.0. The van der Waals surface area contributed by atoms with E-state index in [1.165, 1.54) is 58.4 Å². The molecule has 1 aliphatic rings. The quantitative estimate of drug-likeness (QED) is 0.242. The number of benzene rings is 3. The largest absolute Gasteiger partial charge is 0.465 e. The van der Waals surface area contributed by atoms with E-state index in [1.54, 1.807) is 0 Å². The maximum absolute atomic E-state index is 13.3. The summed E-state index contributed by atoms with van der Waals surface area (Å²) in [6, 6.07) is 8.79. The summed E-state index contributed by atoms with van der Waals surface area (Å²) in [7, 11) is 2.77. The van der Waals surface area contributed by atoms with Gasteiger partial charge in [-0.2, -0.15) is 0 Å². The molecule has 0 heterocycles. The predicted molar refractivity (Wildman–Crippen MR) is 155 cm³/mol. The van der Waals surface area contributed by atoms with E-state index < -0.39 is 11.9 Å². The van der Waals surface area contributed by atoms with Crippen molar-refractivity contribution in [2.45, 2.75) is 91.9 Å². The van der Waals surface area contributed by atoms with Crippen molar-refractivity contribution < 1.29 is 19.1 Å². The number of rotatable bonds is 6. The topological polar surface area (TPSA) is 52.6 Å².